The van der Waals surface area contributed by atoms with Gasteiger partial charge < -0.3 is 28.4 Å². The molecule has 0 atom stereocenters. The van der Waals surface area contributed by atoms with E-state index in [0.717, 1.165) is 28.8 Å². The molecule has 1 rings (SSSR count). The van der Waals surface area contributed by atoms with E-state index in [9.17, 15) is 0 Å². The molecular weight excluding hydrogens is 246 g/mol. The molecule has 0 unspecified atom stereocenters. The van der Waals surface area contributed by atoms with Gasteiger partial charge in [0.15, 0.2) is 0 Å². The number of benzene rings is 1. The SMILES string of the molecule is CC[N+](CC)(CC)CCc1ccc(N)cc1N.[Cl-]. The van der Waals surface area contributed by atoms with Gasteiger partial charge in [-0.1, -0.05) is 6.07 Å². The summed E-state index contributed by atoms with van der Waals surface area (Å²) >= 11 is 0. The Hall–Kier alpha value is -0.930. The normalized spacial score (nSPS) is 11.1. The molecule has 0 aliphatic heterocycles. The molecule has 0 aliphatic rings. The van der Waals surface area contributed by atoms with Crippen LogP contribution < -0.4 is 23.9 Å². The van der Waals surface area contributed by atoms with Gasteiger partial charge >= 0.3 is 0 Å². The third kappa shape index (κ3) is 4.07. The number of nitrogens with zero attached hydrogens (tertiary/aromatic N) is 1. The van der Waals surface area contributed by atoms with Gasteiger partial charge in [-0.2, -0.15) is 0 Å². The Morgan fingerprint density at radius 1 is 1.00 bits per heavy atom. The summed E-state index contributed by atoms with van der Waals surface area (Å²) in [6, 6.07) is 5.85. The monoisotopic (exact) mass is 271 g/mol. The molecule has 0 saturated carbocycles. The van der Waals surface area contributed by atoms with Gasteiger partial charge in [-0.15, -0.1) is 0 Å². The standard InChI is InChI=1S/C14H26N3.ClH/c1-4-17(5-2,6-3)10-9-12-7-8-13(15)11-14(12)16;/h7-8,11H,4-6,9-10,15-16H2,1-3H3;1H/q+1;/p-1. The van der Waals surface area contributed by atoms with Crippen LogP contribution in [0.4, 0.5) is 11.4 Å². The fourth-order valence-electron chi connectivity index (χ4n) is 2.34. The number of nitrogens with two attached hydrogens (primary N) is 2. The number of quaternary nitrogens is 1. The summed E-state index contributed by atoms with van der Waals surface area (Å²) in [6.07, 6.45) is 1.03. The Bertz CT molecular complexity index is 354. The number of nitrogen functional groups attached to an aromatic ring is 2. The van der Waals surface area contributed by atoms with Gasteiger partial charge in [-0.05, 0) is 38.5 Å². The van der Waals surface area contributed by atoms with Crippen LogP contribution in [-0.2, 0) is 6.42 Å². The lowest BCUT2D eigenvalue weighted by Crippen LogP contribution is -3.00. The highest BCUT2D eigenvalue weighted by Gasteiger charge is 2.20. The van der Waals surface area contributed by atoms with Crippen LogP contribution in [-0.4, -0.2) is 30.7 Å². The maximum absolute atomic E-state index is 5.99. The van der Waals surface area contributed by atoms with Gasteiger partial charge in [0.25, 0.3) is 0 Å². The van der Waals surface area contributed by atoms with Crippen LogP contribution in [0.3, 0.4) is 0 Å². The summed E-state index contributed by atoms with van der Waals surface area (Å²) in [5.41, 5.74) is 14.5. The maximum Gasteiger partial charge on any atom is 0.0828 e. The van der Waals surface area contributed by atoms with Gasteiger partial charge in [0, 0.05) is 17.8 Å². The first kappa shape index (κ1) is 17.1. The predicted molar refractivity (Wildman–Crippen MR) is 75.7 cm³/mol. The average molecular weight is 272 g/mol. The topological polar surface area (TPSA) is 52.0 Å². The van der Waals surface area contributed by atoms with Crippen molar-refractivity contribution in [3.05, 3.63) is 23.8 Å². The quantitative estimate of drug-likeness (QED) is 0.530. The highest BCUT2D eigenvalue weighted by Crippen LogP contribution is 2.18. The van der Waals surface area contributed by atoms with Crippen LogP contribution in [0.5, 0.6) is 0 Å². The number of hydrogen-bond acceptors (Lipinski definition) is 2. The number of likely N-dealkylation sites (N-methyl/N-ethyl adjacent to an activating group) is 1. The molecule has 1 aromatic carbocycles. The van der Waals surface area contributed by atoms with E-state index in [1.165, 1.54) is 25.2 Å². The second-order valence-electron chi connectivity index (χ2n) is 4.72. The molecule has 18 heavy (non-hydrogen) atoms. The largest absolute Gasteiger partial charge is 1.00 e. The lowest BCUT2D eigenvalue weighted by atomic mass is 10.1. The summed E-state index contributed by atoms with van der Waals surface area (Å²) < 4.78 is 1.16. The molecule has 3 nitrogen and oxygen atoms in total. The number of anilines is 2. The first-order valence-corrected chi connectivity index (χ1v) is 6.56. The molecule has 0 spiro atoms. The Kier molecular flexibility index (Phi) is 7.11. The summed E-state index contributed by atoms with van der Waals surface area (Å²) in [6.45, 7) is 11.5. The van der Waals surface area contributed by atoms with E-state index in [0.29, 0.717) is 0 Å². The summed E-state index contributed by atoms with van der Waals surface area (Å²) in [5.74, 6) is 0. The predicted octanol–water partition coefficient (Wildman–Crippen LogP) is -0.726. The number of hydrogen-bond donors (Lipinski definition) is 2. The van der Waals surface area contributed by atoms with E-state index < -0.39 is 0 Å². The second kappa shape index (κ2) is 7.49. The van der Waals surface area contributed by atoms with Crippen LogP contribution in [0, 0.1) is 0 Å². The minimum absolute atomic E-state index is 0. The van der Waals surface area contributed by atoms with Crippen molar-refractivity contribution in [3.63, 3.8) is 0 Å². The van der Waals surface area contributed by atoms with Crippen LogP contribution in [0.2, 0.25) is 0 Å². The lowest BCUT2D eigenvalue weighted by Gasteiger charge is -2.36. The second-order valence-corrected chi connectivity index (χ2v) is 4.72. The van der Waals surface area contributed by atoms with E-state index in [-0.39, 0.29) is 12.4 Å². The minimum atomic E-state index is 0. The molecule has 0 amide bonds. The first-order valence-electron chi connectivity index (χ1n) is 6.56. The Morgan fingerprint density at radius 2 is 1.56 bits per heavy atom. The van der Waals surface area contributed by atoms with E-state index in [1.807, 2.05) is 12.1 Å². The highest BCUT2D eigenvalue weighted by atomic mass is 35.5. The third-order valence-electron chi connectivity index (χ3n) is 4.04. The molecule has 4 N–H and O–H groups in total. The molecule has 0 bridgehead atoms. The van der Waals surface area contributed by atoms with Gasteiger partial charge in [-0.3, -0.25) is 0 Å². The third-order valence-corrected chi connectivity index (χ3v) is 4.04. The summed E-state index contributed by atoms with van der Waals surface area (Å²) in [4.78, 5) is 0. The van der Waals surface area contributed by atoms with Gasteiger partial charge in [-0.25, -0.2) is 0 Å². The molecule has 0 fully saturated rings. The van der Waals surface area contributed by atoms with Crippen molar-refractivity contribution in [2.45, 2.75) is 27.2 Å². The molecule has 104 valence electrons. The summed E-state index contributed by atoms with van der Waals surface area (Å²) in [7, 11) is 0. The number of halogens is 1. The van der Waals surface area contributed by atoms with E-state index in [1.54, 1.807) is 0 Å². The van der Waals surface area contributed by atoms with Crippen molar-refractivity contribution < 1.29 is 16.9 Å². The smallest absolute Gasteiger partial charge is 0.0828 e. The summed E-state index contributed by atoms with van der Waals surface area (Å²) in [5, 5.41) is 0. The highest BCUT2D eigenvalue weighted by molar-refractivity contribution is 5.56. The van der Waals surface area contributed by atoms with E-state index >= 15 is 0 Å². The zero-order chi connectivity index (χ0) is 12.9. The van der Waals surface area contributed by atoms with Crippen molar-refractivity contribution in [1.29, 1.82) is 0 Å². The van der Waals surface area contributed by atoms with Crippen molar-refractivity contribution >= 4 is 11.4 Å². The molecule has 4 heteroatoms. The lowest BCUT2D eigenvalue weighted by molar-refractivity contribution is -0.923. The molecule has 0 aliphatic carbocycles. The molecule has 0 saturated heterocycles. The minimum Gasteiger partial charge on any atom is -1.00 e. The molecule has 0 aromatic heterocycles. The zero-order valence-corrected chi connectivity index (χ0v) is 12.5. The van der Waals surface area contributed by atoms with Crippen LogP contribution >= 0.6 is 0 Å². The molecule has 0 heterocycles. The van der Waals surface area contributed by atoms with Crippen molar-refractivity contribution in [2.75, 3.05) is 37.6 Å². The van der Waals surface area contributed by atoms with Gasteiger partial charge in [0.2, 0.25) is 0 Å². The maximum atomic E-state index is 5.99. The Morgan fingerprint density at radius 3 is 2.00 bits per heavy atom. The van der Waals surface area contributed by atoms with Crippen LogP contribution in [0.1, 0.15) is 26.3 Å². The van der Waals surface area contributed by atoms with Gasteiger partial charge in [0.05, 0.1) is 26.2 Å². The Balaban J connectivity index is 0.00000289. The fourth-order valence-corrected chi connectivity index (χ4v) is 2.34. The van der Waals surface area contributed by atoms with Crippen LogP contribution in [0.15, 0.2) is 18.2 Å². The van der Waals surface area contributed by atoms with Crippen LogP contribution in [0.25, 0.3) is 0 Å². The zero-order valence-electron chi connectivity index (χ0n) is 11.7. The number of rotatable bonds is 6. The average Bonchev–Trinajstić information content (AvgIpc) is 2.33. The molecule has 0 radical (unpaired) electrons. The van der Waals surface area contributed by atoms with E-state index in [4.69, 9.17) is 11.5 Å². The van der Waals surface area contributed by atoms with Crippen molar-refractivity contribution in [1.82, 2.24) is 0 Å². The van der Waals surface area contributed by atoms with E-state index in [2.05, 4.69) is 26.8 Å². The van der Waals surface area contributed by atoms with Crippen molar-refractivity contribution in [2.24, 2.45) is 0 Å². The molecule has 1 aromatic rings. The Labute approximate surface area is 117 Å². The first-order chi connectivity index (χ1) is 8.06. The van der Waals surface area contributed by atoms with Crippen molar-refractivity contribution in [3.8, 4) is 0 Å². The van der Waals surface area contributed by atoms with Gasteiger partial charge in [0.1, 0.15) is 0 Å². The molecular formula is C14H26ClN3. The fraction of sp³-hybridized carbons (Fsp3) is 0.571.